The molecule has 0 spiro atoms. The van der Waals surface area contributed by atoms with Gasteiger partial charge in [0.05, 0.1) is 11.6 Å². The number of nitrogens with zero attached hydrogens (tertiary/aromatic N) is 2. The molecule has 2 aromatic heterocycles. The Balaban J connectivity index is 2.28. The maximum absolute atomic E-state index is 11.6. The first-order chi connectivity index (χ1) is 10.1. The van der Waals surface area contributed by atoms with E-state index in [1.54, 1.807) is 12.4 Å². The number of aromatic nitrogens is 2. The number of fused-ring (bicyclic) bond motifs is 1. The monoisotopic (exact) mass is 280 g/mol. The number of hydrogen-bond acceptors (Lipinski definition) is 2. The van der Waals surface area contributed by atoms with Crippen LogP contribution in [0, 0.1) is 6.92 Å². The zero-order chi connectivity index (χ0) is 15.0. The van der Waals surface area contributed by atoms with Crippen LogP contribution in [0.3, 0.4) is 0 Å². The predicted octanol–water partition coefficient (Wildman–Crippen LogP) is 3.65. The highest BCUT2D eigenvalue weighted by molar-refractivity contribution is 6.05. The molecule has 1 atom stereocenters. The van der Waals surface area contributed by atoms with Crippen molar-refractivity contribution in [3.63, 3.8) is 0 Å². The molecule has 1 aromatic carbocycles. The SMILES string of the molecule is Cc1c(C(=O)O)c2ccccc2n1C(C)c1ccncc1. The quantitative estimate of drug-likeness (QED) is 0.796. The summed E-state index contributed by atoms with van der Waals surface area (Å²) in [6.07, 6.45) is 3.51. The summed E-state index contributed by atoms with van der Waals surface area (Å²) >= 11 is 0. The molecule has 1 N–H and O–H groups in total. The molecule has 0 bridgehead atoms. The van der Waals surface area contributed by atoms with Gasteiger partial charge in [0.15, 0.2) is 0 Å². The summed E-state index contributed by atoms with van der Waals surface area (Å²) in [6.45, 7) is 3.93. The summed E-state index contributed by atoms with van der Waals surface area (Å²) < 4.78 is 2.08. The normalized spacial score (nSPS) is 12.5. The van der Waals surface area contributed by atoms with Gasteiger partial charge in [-0.25, -0.2) is 4.79 Å². The first-order valence-corrected chi connectivity index (χ1v) is 6.84. The van der Waals surface area contributed by atoms with Crippen LogP contribution in [0.2, 0.25) is 0 Å². The Morgan fingerprint density at radius 1 is 1.19 bits per heavy atom. The Hall–Kier alpha value is -2.62. The topological polar surface area (TPSA) is 55.1 Å². The molecule has 1 unspecified atom stereocenters. The molecular weight excluding hydrogens is 264 g/mol. The van der Waals surface area contributed by atoms with Crippen molar-refractivity contribution in [1.29, 1.82) is 0 Å². The molecule has 3 aromatic rings. The van der Waals surface area contributed by atoms with Gasteiger partial charge in [0, 0.05) is 29.0 Å². The lowest BCUT2D eigenvalue weighted by molar-refractivity contribution is 0.0698. The van der Waals surface area contributed by atoms with Gasteiger partial charge in [0.25, 0.3) is 0 Å². The molecule has 0 amide bonds. The van der Waals surface area contributed by atoms with E-state index in [-0.39, 0.29) is 6.04 Å². The molecule has 0 saturated carbocycles. The number of rotatable bonds is 3. The second-order valence-electron chi connectivity index (χ2n) is 5.11. The third-order valence-electron chi connectivity index (χ3n) is 3.95. The summed E-state index contributed by atoms with van der Waals surface area (Å²) in [5.41, 5.74) is 3.20. The molecule has 3 rings (SSSR count). The zero-order valence-electron chi connectivity index (χ0n) is 11.9. The first kappa shape index (κ1) is 13.4. The number of para-hydroxylation sites is 1. The van der Waals surface area contributed by atoms with Crippen LogP contribution in [0.25, 0.3) is 10.9 Å². The lowest BCUT2D eigenvalue weighted by atomic mass is 10.1. The molecule has 21 heavy (non-hydrogen) atoms. The molecule has 0 radical (unpaired) electrons. The van der Waals surface area contributed by atoms with Crippen LogP contribution >= 0.6 is 0 Å². The van der Waals surface area contributed by atoms with Gasteiger partial charge in [-0.3, -0.25) is 4.98 Å². The summed E-state index contributed by atoms with van der Waals surface area (Å²) in [6, 6.07) is 11.6. The van der Waals surface area contributed by atoms with Crippen molar-refractivity contribution in [2.45, 2.75) is 19.9 Å². The van der Waals surface area contributed by atoms with Crippen molar-refractivity contribution in [3.8, 4) is 0 Å². The van der Waals surface area contributed by atoms with Crippen LogP contribution in [0.4, 0.5) is 0 Å². The van der Waals surface area contributed by atoms with E-state index in [0.29, 0.717) is 5.56 Å². The molecule has 0 aliphatic heterocycles. The van der Waals surface area contributed by atoms with Gasteiger partial charge >= 0.3 is 5.97 Å². The predicted molar refractivity (Wildman–Crippen MR) is 81.7 cm³/mol. The smallest absolute Gasteiger partial charge is 0.338 e. The second-order valence-corrected chi connectivity index (χ2v) is 5.11. The van der Waals surface area contributed by atoms with Crippen LogP contribution in [0.5, 0.6) is 0 Å². The molecular formula is C17H16N2O2. The second kappa shape index (κ2) is 5.05. The molecule has 0 fully saturated rings. The Morgan fingerprint density at radius 3 is 2.52 bits per heavy atom. The maximum Gasteiger partial charge on any atom is 0.338 e. The van der Waals surface area contributed by atoms with Gasteiger partial charge in [-0.15, -0.1) is 0 Å². The summed E-state index contributed by atoms with van der Waals surface area (Å²) in [4.78, 5) is 15.6. The van der Waals surface area contributed by atoms with E-state index in [9.17, 15) is 9.90 Å². The number of aromatic carboxylic acids is 1. The molecule has 0 saturated heterocycles. The van der Waals surface area contributed by atoms with E-state index in [4.69, 9.17) is 0 Å². The Labute approximate surface area is 122 Å². The minimum absolute atomic E-state index is 0.0472. The van der Waals surface area contributed by atoms with E-state index < -0.39 is 5.97 Å². The lowest BCUT2D eigenvalue weighted by Crippen LogP contribution is -2.09. The fourth-order valence-electron chi connectivity index (χ4n) is 2.95. The molecule has 4 nitrogen and oxygen atoms in total. The lowest BCUT2D eigenvalue weighted by Gasteiger charge is -2.18. The van der Waals surface area contributed by atoms with Gasteiger partial charge in [-0.05, 0) is 37.6 Å². The van der Waals surface area contributed by atoms with E-state index in [1.807, 2.05) is 43.3 Å². The van der Waals surface area contributed by atoms with Crippen molar-refractivity contribution in [2.75, 3.05) is 0 Å². The number of carbonyl (C=O) groups is 1. The molecule has 0 aliphatic rings. The third-order valence-corrected chi connectivity index (χ3v) is 3.95. The zero-order valence-corrected chi connectivity index (χ0v) is 11.9. The fraction of sp³-hybridized carbons (Fsp3) is 0.176. The van der Waals surface area contributed by atoms with E-state index in [1.165, 1.54) is 0 Å². The van der Waals surface area contributed by atoms with Gasteiger partial charge in [0.1, 0.15) is 0 Å². The average Bonchev–Trinajstić information content (AvgIpc) is 2.79. The van der Waals surface area contributed by atoms with Crippen LogP contribution in [0.1, 0.15) is 34.6 Å². The third kappa shape index (κ3) is 2.09. The summed E-state index contributed by atoms with van der Waals surface area (Å²) in [5, 5.41) is 10.3. The minimum Gasteiger partial charge on any atom is -0.478 e. The highest BCUT2D eigenvalue weighted by Gasteiger charge is 2.22. The van der Waals surface area contributed by atoms with Crippen LogP contribution < -0.4 is 0 Å². The van der Waals surface area contributed by atoms with Crippen molar-refractivity contribution >= 4 is 16.9 Å². The number of benzene rings is 1. The number of carboxylic acid groups (broad SMARTS) is 1. The van der Waals surface area contributed by atoms with E-state index in [0.717, 1.165) is 22.2 Å². The Kier molecular flexibility index (Phi) is 3.22. The Bertz CT molecular complexity index is 806. The van der Waals surface area contributed by atoms with E-state index in [2.05, 4.69) is 16.5 Å². The highest BCUT2D eigenvalue weighted by Crippen LogP contribution is 2.31. The van der Waals surface area contributed by atoms with Crippen molar-refractivity contribution in [2.24, 2.45) is 0 Å². The number of carboxylic acids is 1. The fourth-order valence-corrected chi connectivity index (χ4v) is 2.95. The first-order valence-electron chi connectivity index (χ1n) is 6.84. The van der Waals surface area contributed by atoms with Gasteiger partial charge in [-0.1, -0.05) is 18.2 Å². The number of hydrogen-bond donors (Lipinski definition) is 1. The molecule has 2 heterocycles. The van der Waals surface area contributed by atoms with Crippen molar-refractivity contribution < 1.29 is 9.90 Å². The Morgan fingerprint density at radius 2 is 1.86 bits per heavy atom. The van der Waals surface area contributed by atoms with Crippen molar-refractivity contribution in [3.05, 3.63) is 65.6 Å². The van der Waals surface area contributed by atoms with E-state index >= 15 is 0 Å². The van der Waals surface area contributed by atoms with Crippen LogP contribution in [-0.2, 0) is 0 Å². The highest BCUT2D eigenvalue weighted by atomic mass is 16.4. The van der Waals surface area contributed by atoms with Crippen LogP contribution in [-0.4, -0.2) is 20.6 Å². The average molecular weight is 280 g/mol. The van der Waals surface area contributed by atoms with Gasteiger partial charge in [-0.2, -0.15) is 0 Å². The molecule has 106 valence electrons. The van der Waals surface area contributed by atoms with Gasteiger partial charge in [0.2, 0.25) is 0 Å². The minimum atomic E-state index is -0.885. The number of pyridine rings is 1. The van der Waals surface area contributed by atoms with Gasteiger partial charge < -0.3 is 9.67 Å². The van der Waals surface area contributed by atoms with Crippen molar-refractivity contribution in [1.82, 2.24) is 9.55 Å². The molecule has 4 heteroatoms. The standard InChI is InChI=1S/C17H16N2O2/c1-11(13-7-9-18-10-8-13)19-12(2)16(17(20)21)14-5-3-4-6-15(14)19/h3-11H,1-2H3,(H,20,21). The largest absolute Gasteiger partial charge is 0.478 e. The maximum atomic E-state index is 11.6. The summed E-state index contributed by atoms with van der Waals surface area (Å²) in [5.74, 6) is -0.885. The van der Waals surface area contributed by atoms with Crippen LogP contribution in [0.15, 0.2) is 48.8 Å². The summed E-state index contributed by atoms with van der Waals surface area (Å²) in [7, 11) is 0. The molecule has 0 aliphatic carbocycles.